The van der Waals surface area contributed by atoms with Gasteiger partial charge in [0.05, 0.1) is 29.3 Å². The van der Waals surface area contributed by atoms with Gasteiger partial charge in [0, 0.05) is 12.6 Å². The lowest BCUT2D eigenvalue weighted by Crippen LogP contribution is -2.44. The first-order valence-electron chi connectivity index (χ1n) is 10.4. The summed E-state index contributed by atoms with van der Waals surface area (Å²) in [4.78, 5) is 41.9. The van der Waals surface area contributed by atoms with Crippen LogP contribution in [0.2, 0.25) is 0 Å². The highest BCUT2D eigenvalue weighted by atomic mass is 32.2. The zero-order valence-electron chi connectivity index (χ0n) is 16.8. The molecule has 1 aromatic heterocycles. The fourth-order valence-electron chi connectivity index (χ4n) is 4.00. The molecule has 4 rings (SSSR count). The van der Waals surface area contributed by atoms with Gasteiger partial charge in [-0.15, -0.1) is 0 Å². The van der Waals surface area contributed by atoms with Crippen molar-refractivity contribution in [3.8, 4) is 0 Å². The molecule has 1 saturated carbocycles. The summed E-state index contributed by atoms with van der Waals surface area (Å²) in [5, 5.41) is 6.21. The first-order valence-corrected chi connectivity index (χ1v) is 11.4. The van der Waals surface area contributed by atoms with Crippen LogP contribution in [0.3, 0.4) is 0 Å². The van der Waals surface area contributed by atoms with Gasteiger partial charge in [0.15, 0.2) is 5.16 Å². The van der Waals surface area contributed by atoms with Gasteiger partial charge in [-0.2, -0.15) is 0 Å². The normalized spacial score (nSPS) is 19.3. The number of carbonyl (C=O) groups excluding carboxylic acids is 2. The van der Waals surface area contributed by atoms with Crippen molar-refractivity contribution in [2.45, 2.75) is 62.4 Å². The van der Waals surface area contributed by atoms with Crippen molar-refractivity contribution in [2.24, 2.45) is 0 Å². The van der Waals surface area contributed by atoms with Crippen molar-refractivity contribution in [3.05, 3.63) is 34.6 Å². The highest BCUT2D eigenvalue weighted by Gasteiger charge is 2.22. The first kappa shape index (κ1) is 20.9. The summed E-state index contributed by atoms with van der Waals surface area (Å²) < 4.78 is 7.28. The van der Waals surface area contributed by atoms with E-state index in [-0.39, 0.29) is 23.5 Å². The molecule has 3 amide bonds. The minimum atomic E-state index is -0.462. The summed E-state index contributed by atoms with van der Waals surface area (Å²) >= 11 is 1.16. The second-order valence-electron chi connectivity index (χ2n) is 7.75. The van der Waals surface area contributed by atoms with Crippen LogP contribution < -0.4 is 16.2 Å². The highest BCUT2D eigenvalue weighted by molar-refractivity contribution is 7.99. The van der Waals surface area contributed by atoms with E-state index in [4.69, 9.17) is 4.74 Å². The molecule has 8 nitrogen and oxygen atoms in total. The molecule has 1 aliphatic carbocycles. The molecule has 160 valence electrons. The number of ether oxygens (including phenoxy) is 1. The molecule has 1 aromatic carbocycles. The number of imide groups is 1. The third-order valence-electron chi connectivity index (χ3n) is 5.51. The molecule has 9 heteroatoms. The van der Waals surface area contributed by atoms with E-state index in [1.807, 2.05) is 12.1 Å². The SMILES string of the molecule is O=C(CSc1nc2ccccc2c(=O)n1C[C@@H]1CCCO1)NC(=O)NC1CCCC1. The number of amides is 3. The van der Waals surface area contributed by atoms with Gasteiger partial charge in [0.2, 0.25) is 5.91 Å². The maximum Gasteiger partial charge on any atom is 0.321 e. The second kappa shape index (κ2) is 9.61. The smallest absolute Gasteiger partial charge is 0.321 e. The van der Waals surface area contributed by atoms with Crippen molar-refractivity contribution in [1.29, 1.82) is 0 Å². The van der Waals surface area contributed by atoms with Crippen molar-refractivity contribution < 1.29 is 14.3 Å². The summed E-state index contributed by atoms with van der Waals surface area (Å²) in [6.45, 7) is 1.10. The Hall–Kier alpha value is -2.39. The predicted octanol–water partition coefficient (Wildman–Crippen LogP) is 2.44. The minimum absolute atomic E-state index is 0.00556. The number of thioether (sulfide) groups is 1. The number of carbonyl (C=O) groups is 2. The molecule has 2 aromatic rings. The Balaban J connectivity index is 1.45. The Labute approximate surface area is 178 Å². The average molecular weight is 431 g/mol. The van der Waals surface area contributed by atoms with Gasteiger partial charge >= 0.3 is 6.03 Å². The first-order chi connectivity index (χ1) is 14.6. The Bertz CT molecular complexity index is 981. The van der Waals surface area contributed by atoms with Gasteiger partial charge in [-0.1, -0.05) is 36.7 Å². The number of urea groups is 1. The number of para-hydroxylation sites is 1. The number of hydrogen-bond acceptors (Lipinski definition) is 6. The van der Waals surface area contributed by atoms with Crippen molar-refractivity contribution in [1.82, 2.24) is 20.2 Å². The van der Waals surface area contributed by atoms with Gasteiger partial charge in [0.1, 0.15) is 0 Å². The molecular weight excluding hydrogens is 404 g/mol. The number of nitrogens with one attached hydrogen (secondary N) is 2. The van der Waals surface area contributed by atoms with Crippen molar-refractivity contribution in [3.63, 3.8) is 0 Å². The topological polar surface area (TPSA) is 102 Å². The van der Waals surface area contributed by atoms with E-state index >= 15 is 0 Å². The lowest BCUT2D eigenvalue weighted by Gasteiger charge is -2.16. The largest absolute Gasteiger partial charge is 0.376 e. The lowest BCUT2D eigenvalue weighted by atomic mass is 10.2. The van der Waals surface area contributed by atoms with Crippen molar-refractivity contribution >= 4 is 34.6 Å². The fourth-order valence-corrected chi connectivity index (χ4v) is 4.80. The van der Waals surface area contributed by atoms with Gasteiger partial charge in [-0.05, 0) is 37.8 Å². The number of aromatic nitrogens is 2. The number of fused-ring (bicyclic) bond motifs is 1. The maximum atomic E-state index is 13.0. The zero-order valence-corrected chi connectivity index (χ0v) is 17.6. The van der Waals surface area contributed by atoms with Crippen molar-refractivity contribution in [2.75, 3.05) is 12.4 Å². The third-order valence-corrected chi connectivity index (χ3v) is 6.49. The van der Waals surface area contributed by atoms with Gasteiger partial charge in [0.25, 0.3) is 5.56 Å². The highest BCUT2D eigenvalue weighted by Crippen LogP contribution is 2.21. The summed E-state index contributed by atoms with van der Waals surface area (Å²) in [5.41, 5.74) is 0.450. The molecule has 0 unspecified atom stereocenters. The quantitative estimate of drug-likeness (QED) is 0.539. The Morgan fingerprint density at radius 3 is 2.73 bits per heavy atom. The monoisotopic (exact) mass is 430 g/mol. The molecule has 1 atom stereocenters. The fraction of sp³-hybridized carbons (Fsp3) is 0.524. The summed E-state index contributed by atoms with van der Waals surface area (Å²) in [6, 6.07) is 6.86. The summed E-state index contributed by atoms with van der Waals surface area (Å²) in [6.07, 6.45) is 5.94. The van der Waals surface area contributed by atoms with E-state index in [9.17, 15) is 14.4 Å². The maximum absolute atomic E-state index is 13.0. The van der Waals surface area contributed by atoms with Gasteiger partial charge < -0.3 is 10.1 Å². The average Bonchev–Trinajstić information content (AvgIpc) is 3.43. The number of hydrogen-bond donors (Lipinski definition) is 2. The molecule has 1 saturated heterocycles. The van der Waals surface area contributed by atoms with Crippen LogP contribution >= 0.6 is 11.8 Å². The second-order valence-corrected chi connectivity index (χ2v) is 8.70. The van der Waals surface area contributed by atoms with Crippen LogP contribution in [0.25, 0.3) is 10.9 Å². The molecule has 30 heavy (non-hydrogen) atoms. The molecular formula is C21H26N4O4S. The molecule has 0 spiro atoms. The van der Waals surface area contributed by atoms with Crippen LogP contribution in [0.15, 0.2) is 34.2 Å². The molecule has 2 N–H and O–H groups in total. The summed E-state index contributed by atoms with van der Waals surface area (Å²) in [7, 11) is 0. The van der Waals surface area contributed by atoms with Crippen LogP contribution in [-0.4, -0.2) is 46.0 Å². The Kier molecular flexibility index (Phi) is 6.69. The molecule has 0 bridgehead atoms. The van der Waals surface area contributed by atoms with E-state index < -0.39 is 11.9 Å². The molecule has 0 radical (unpaired) electrons. The van der Waals surface area contributed by atoms with Gasteiger partial charge in [-0.25, -0.2) is 9.78 Å². The van der Waals surface area contributed by atoms with Crippen LogP contribution in [0.4, 0.5) is 4.79 Å². The molecule has 1 aliphatic heterocycles. The molecule has 2 aliphatic rings. The van der Waals surface area contributed by atoms with Crippen LogP contribution in [-0.2, 0) is 16.1 Å². The lowest BCUT2D eigenvalue weighted by molar-refractivity contribution is -0.117. The van der Waals surface area contributed by atoms with E-state index in [0.29, 0.717) is 29.2 Å². The minimum Gasteiger partial charge on any atom is -0.376 e. The summed E-state index contributed by atoms with van der Waals surface area (Å²) in [5.74, 6) is -0.421. The van der Waals surface area contributed by atoms with E-state index in [1.54, 1.807) is 16.7 Å². The Morgan fingerprint density at radius 2 is 1.97 bits per heavy atom. The van der Waals surface area contributed by atoms with E-state index in [1.165, 1.54) is 0 Å². The number of rotatable bonds is 6. The van der Waals surface area contributed by atoms with Gasteiger partial charge in [-0.3, -0.25) is 19.5 Å². The van der Waals surface area contributed by atoms with Crippen LogP contribution in [0, 0.1) is 0 Å². The van der Waals surface area contributed by atoms with E-state index in [2.05, 4.69) is 15.6 Å². The van der Waals surface area contributed by atoms with Crippen LogP contribution in [0.1, 0.15) is 38.5 Å². The molecule has 2 heterocycles. The number of nitrogens with zero attached hydrogens (tertiary/aromatic N) is 2. The molecule has 2 fully saturated rings. The standard InChI is InChI=1S/C21H26N4O4S/c26-18(24-20(28)22-14-6-1-2-7-14)13-30-21-23-17-10-4-3-9-16(17)19(27)25(21)12-15-8-5-11-29-15/h3-4,9-10,14-15H,1-2,5-8,11-13H2,(H2,22,24,26,28)/t15-/m0/s1. The third kappa shape index (κ3) is 5.02. The zero-order chi connectivity index (χ0) is 20.9. The Morgan fingerprint density at radius 1 is 1.17 bits per heavy atom. The number of benzene rings is 1. The van der Waals surface area contributed by atoms with E-state index in [0.717, 1.165) is 50.3 Å². The predicted molar refractivity (Wildman–Crippen MR) is 115 cm³/mol. The van der Waals surface area contributed by atoms with Crippen LogP contribution in [0.5, 0.6) is 0 Å².